The van der Waals surface area contributed by atoms with Crippen molar-refractivity contribution >= 4 is 11.6 Å². The van der Waals surface area contributed by atoms with E-state index < -0.39 is 0 Å². The number of halogens is 1. The van der Waals surface area contributed by atoms with Gasteiger partial charge in [-0.2, -0.15) is 0 Å². The molecule has 4 heteroatoms. The van der Waals surface area contributed by atoms with Gasteiger partial charge in [-0.3, -0.25) is 0 Å². The van der Waals surface area contributed by atoms with Crippen LogP contribution in [-0.4, -0.2) is 11.7 Å². The normalized spacial score (nSPS) is 19.7. The number of benzene rings is 1. The predicted molar refractivity (Wildman–Crippen MR) is 66.9 cm³/mol. The van der Waals surface area contributed by atoms with E-state index in [1.54, 1.807) is 6.20 Å². The van der Waals surface area contributed by atoms with Crippen LogP contribution in [0.3, 0.4) is 0 Å². The molecule has 1 unspecified atom stereocenters. The molecule has 3 rings (SSSR count). The zero-order valence-electron chi connectivity index (χ0n) is 9.32. The molecule has 1 saturated heterocycles. The largest absolute Gasteiger partial charge is 0.359 e. The summed E-state index contributed by atoms with van der Waals surface area (Å²) in [5, 5.41) is 8.08. The Kier molecular flexibility index (Phi) is 2.87. The third kappa shape index (κ3) is 2.08. The second-order valence-corrected chi connectivity index (χ2v) is 4.70. The Morgan fingerprint density at radius 2 is 2.12 bits per heavy atom. The maximum absolute atomic E-state index is 5.89. The van der Waals surface area contributed by atoms with Crippen LogP contribution in [0, 0.1) is 0 Å². The summed E-state index contributed by atoms with van der Waals surface area (Å²) in [5.74, 6) is 0.935. The molecular weight excluding hydrogens is 236 g/mol. The summed E-state index contributed by atoms with van der Waals surface area (Å²) in [6.45, 7) is 1.05. The highest BCUT2D eigenvalue weighted by atomic mass is 35.5. The van der Waals surface area contributed by atoms with Gasteiger partial charge in [-0.25, -0.2) is 0 Å². The summed E-state index contributed by atoms with van der Waals surface area (Å²) < 4.78 is 5.39. The molecule has 2 heterocycles. The summed E-state index contributed by atoms with van der Waals surface area (Å²) in [6.07, 6.45) is 4.07. The third-order valence-corrected chi connectivity index (χ3v) is 3.38. The maximum Gasteiger partial charge on any atom is 0.161 e. The van der Waals surface area contributed by atoms with Gasteiger partial charge >= 0.3 is 0 Å². The van der Waals surface area contributed by atoms with Crippen LogP contribution in [0.1, 0.15) is 24.6 Å². The molecule has 1 aromatic heterocycles. The number of hydrogen-bond donors (Lipinski definition) is 1. The fourth-order valence-electron chi connectivity index (χ4n) is 2.25. The van der Waals surface area contributed by atoms with Gasteiger partial charge in [0.1, 0.15) is 0 Å². The van der Waals surface area contributed by atoms with Crippen LogP contribution in [-0.2, 0) is 0 Å². The van der Waals surface area contributed by atoms with E-state index >= 15 is 0 Å². The highest BCUT2D eigenvalue weighted by molar-refractivity contribution is 6.30. The molecule has 2 aromatic rings. The Hall–Kier alpha value is -1.32. The standard InChI is InChI=1S/C13H13ClN2O/c14-10-5-3-9(4-6-10)11-8-16-17-13(11)12-2-1-7-15-12/h3-6,8,12,15H,1-2,7H2. The molecule has 0 bridgehead atoms. The fourth-order valence-corrected chi connectivity index (χ4v) is 2.38. The number of nitrogens with one attached hydrogen (secondary N) is 1. The Balaban J connectivity index is 1.97. The average molecular weight is 249 g/mol. The van der Waals surface area contributed by atoms with Gasteiger partial charge in [0.05, 0.1) is 12.2 Å². The lowest BCUT2D eigenvalue weighted by Crippen LogP contribution is -2.12. The molecule has 1 aliphatic heterocycles. The van der Waals surface area contributed by atoms with Gasteiger partial charge in [0.15, 0.2) is 5.76 Å². The summed E-state index contributed by atoms with van der Waals surface area (Å²) >= 11 is 5.89. The second kappa shape index (κ2) is 4.51. The van der Waals surface area contributed by atoms with Crippen molar-refractivity contribution < 1.29 is 4.52 Å². The minimum Gasteiger partial charge on any atom is -0.359 e. The number of hydrogen-bond acceptors (Lipinski definition) is 3. The monoisotopic (exact) mass is 248 g/mol. The summed E-state index contributed by atoms with van der Waals surface area (Å²) in [7, 11) is 0. The quantitative estimate of drug-likeness (QED) is 0.885. The molecule has 1 aliphatic rings. The average Bonchev–Trinajstić information content (AvgIpc) is 3.00. The lowest BCUT2D eigenvalue weighted by molar-refractivity contribution is 0.352. The molecule has 0 amide bonds. The SMILES string of the molecule is Clc1ccc(-c2cnoc2C2CCCN2)cc1. The van der Waals surface area contributed by atoms with E-state index in [4.69, 9.17) is 16.1 Å². The van der Waals surface area contributed by atoms with E-state index in [2.05, 4.69) is 10.5 Å². The zero-order chi connectivity index (χ0) is 11.7. The van der Waals surface area contributed by atoms with Gasteiger partial charge < -0.3 is 9.84 Å². The van der Waals surface area contributed by atoms with Crippen LogP contribution in [0.5, 0.6) is 0 Å². The van der Waals surface area contributed by atoms with Crippen molar-refractivity contribution in [3.05, 3.63) is 41.2 Å². The van der Waals surface area contributed by atoms with Crippen LogP contribution in [0.4, 0.5) is 0 Å². The molecule has 0 radical (unpaired) electrons. The smallest absolute Gasteiger partial charge is 0.161 e. The Morgan fingerprint density at radius 3 is 2.82 bits per heavy atom. The first-order valence-electron chi connectivity index (χ1n) is 5.78. The van der Waals surface area contributed by atoms with E-state index in [1.165, 1.54) is 6.42 Å². The lowest BCUT2D eigenvalue weighted by Gasteiger charge is -2.08. The highest BCUT2D eigenvalue weighted by Crippen LogP contribution is 2.32. The Labute approximate surface area is 105 Å². The minimum absolute atomic E-state index is 0.295. The highest BCUT2D eigenvalue weighted by Gasteiger charge is 2.23. The van der Waals surface area contributed by atoms with E-state index in [-0.39, 0.29) is 0 Å². The third-order valence-electron chi connectivity index (χ3n) is 3.13. The maximum atomic E-state index is 5.89. The minimum atomic E-state index is 0.295. The topological polar surface area (TPSA) is 38.1 Å². The lowest BCUT2D eigenvalue weighted by atomic mass is 10.0. The van der Waals surface area contributed by atoms with Crippen LogP contribution >= 0.6 is 11.6 Å². The first kappa shape index (κ1) is 10.8. The molecule has 3 nitrogen and oxygen atoms in total. The summed E-state index contributed by atoms with van der Waals surface area (Å²) in [4.78, 5) is 0. The second-order valence-electron chi connectivity index (χ2n) is 4.26. The van der Waals surface area contributed by atoms with E-state index in [1.807, 2.05) is 24.3 Å². The van der Waals surface area contributed by atoms with Crippen LogP contribution in [0.25, 0.3) is 11.1 Å². The van der Waals surface area contributed by atoms with Crippen LogP contribution in [0.2, 0.25) is 5.02 Å². The van der Waals surface area contributed by atoms with E-state index in [0.29, 0.717) is 6.04 Å². The van der Waals surface area contributed by atoms with Crippen molar-refractivity contribution in [2.24, 2.45) is 0 Å². The molecular formula is C13H13ClN2O. The molecule has 0 saturated carbocycles. The number of rotatable bonds is 2. The van der Waals surface area contributed by atoms with Crippen LogP contribution < -0.4 is 5.32 Å². The summed E-state index contributed by atoms with van der Waals surface area (Å²) in [5.41, 5.74) is 2.15. The van der Waals surface area contributed by atoms with Gasteiger partial charge in [-0.1, -0.05) is 28.9 Å². The molecule has 88 valence electrons. The summed E-state index contributed by atoms with van der Waals surface area (Å²) in [6, 6.07) is 8.05. The molecule has 1 N–H and O–H groups in total. The van der Waals surface area contributed by atoms with Gasteiger partial charge in [0.2, 0.25) is 0 Å². The zero-order valence-corrected chi connectivity index (χ0v) is 10.1. The molecule has 17 heavy (non-hydrogen) atoms. The van der Waals surface area contributed by atoms with Crippen LogP contribution in [0.15, 0.2) is 35.0 Å². The predicted octanol–water partition coefficient (Wildman–Crippen LogP) is 3.42. The fraction of sp³-hybridized carbons (Fsp3) is 0.308. The van der Waals surface area contributed by atoms with E-state index in [0.717, 1.165) is 34.9 Å². The van der Waals surface area contributed by atoms with Crippen molar-refractivity contribution in [3.8, 4) is 11.1 Å². The van der Waals surface area contributed by atoms with Crippen molar-refractivity contribution in [1.82, 2.24) is 10.5 Å². The molecule has 0 spiro atoms. The molecule has 1 aromatic carbocycles. The van der Waals surface area contributed by atoms with E-state index in [9.17, 15) is 0 Å². The van der Waals surface area contributed by atoms with Crippen molar-refractivity contribution in [1.29, 1.82) is 0 Å². The number of nitrogens with zero attached hydrogens (tertiary/aromatic N) is 1. The molecule has 0 aliphatic carbocycles. The van der Waals surface area contributed by atoms with Gasteiger partial charge in [-0.15, -0.1) is 0 Å². The molecule has 1 fully saturated rings. The first-order chi connectivity index (χ1) is 8.34. The Bertz CT molecular complexity index is 500. The molecule has 1 atom stereocenters. The van der Waals surface area contributed by atoms with Crippen molar-refractivity contribution in [2.75, 3.05) is 6.54 Å². The van der Waals surface area contributed by atoms with Crippen molar-refractivity contribution in [3.63, 3.8) is 0 Å². The first-order valence-corrected chi connectivity index (χ1v) is 6.16. The van der Waals surface area contributed by atoms with Gasteiger partial charge in [-0.05, 0) is 37.1 Å². The number of aromatic nitrogens is 1. The Morgan fingerprint density at radius 1 is 1.29 bits per heavy atom. The van der Waals surface area contributed by atoms with Gasteiger partial charge in [0.25, 0.3) is 0 Å². The van der Waals surface area contributed by atoms with Crippen molar-refractivity contribution in [2.45, 2.75) is 18.9 Å². The van der Waals surface area contributed by atoms with Gasteiger partial charge in [0, 0.05) is 10.6 Å².